The maximum absolute atomic E-state index is 3.42. The predicted molar refractivity (Wildman–Crippen MR) is 46.6 cm³/mol. The number of nitrogens with zero attached hydrogens (tertiary/aromatic N) is 1. The minimum atomic E-state index is 0.434. The highest BCUT2D eigenvalue weighted by Gasteiger charge is 2.34. The highest BCUT2D eigenvalue weighted by molar-refractivity contribution is 5.04. The molecule has 1 unspecified atom stereocenters. The molecule has 0 aliphatic carbocycles. The standard InChI is InChI=1S/C9H16N2/c1-9(4-5-10-8-9)11-6-2-3-7-11/h2-3,10H,4-8H2,1H3. The summed E-state index contributed by atoms with van der Waals surface area (Å²) in [6, 6.07) is 0. The van der Waals surface area contributed by atoms with Crippen molar-refractivity contribution in [2.24, 2.45) is 0 Å². The molecule has 0 amide bonds. The van der Waals surface area contributed by atoms with Crippen LogP contribution in [0.25, 0.3) is 0 Å². The van der Waals surface area contributed by atoms with Crippen LogP contribution in [0.15, 0.2) is 12.2 Å². The lowest BCUT2D eigenvalue weighted by Crippen LogP contribution is -2.46. The highest BCUT2D eigenvalue weighted by atomic mass is 15.2. The molecule has 0 spiro atoms. The van der Waals surface area contributed by atoms with Gasteiger partial charge in [0.2, 0.25) is 0 Å². The van der Waals surface area contributed by atoms with Gasteiger partial charge in [-0.15, -0.1) is 0 Å². The van der Waals surface area contributed by atoms with Crippen LogP contribution in [-0.4, -0.2) is 36.6 Å². The average molecular weight is 152 g/mol. The monoisotopic (exact) mass is 152 g/mol. The van der Waals surface area contributed by atoms with Crippen LogP contribution in [0, 0.1) is 0 Å². The van der Waals surface area contributed by atoms with Crippen LogP contribution in [-0.2, 0) is 0 Å². The zero-order valence-electron chi connectivity index (χ0n) is 7.14. The summed E-state index contributed by atoms with van der Waals surface area (Å²) in [5, 5.41) is 3.42. The zero-order valence-corrected chi connectivity index (χ0v) is 7.14. The zero-order chi connectivity index (χ0) is 7.73. The van der Waals surface area contributed by atoms with Gasteiger partial charge in [0.25, 0.3) is 0 Å². The Balaban J connectivity index is 2.01. The van der Waals surface area contributed by atoms with Crippen molar-refractivity contribution in [2.45, 2.75) is 18.9 Å². The van der Waals surface area contributed by atoms with E-state index in [0.29, 0.717) is 5.54 Å². The van der Waals surface area contributed by atoms with Gasteiger partial charge in [0.15, 0.2) is 0 Å². The normalized spacial score (nSPS) is 38.6. The van der Waals surface area contributed by atoms with Crippen LogP contribution in [0.1, 0.15) is 13.3 Å². The van der Waals surface area contributed by atoms with Crippen molar-refractivity contribution in [1.82, 2.24) is 10.2 Å². The summed E-state index contributed by atoms with van der Waals surface area (Å²) < 4.78 is 0. The van der Waals surface area contributed by atoms with E-state index in [9.17, 15) is 0 Å². The van der Waals surface area contributed by atoms with E-state index in [1.807, 2.05) is 0 Å². The van der Waals surface area contributed by atoms with Crippen molar-refractivity contribution < 1.29 is 0 Å². The highest BCUT2D eigenvalue weighted by Crippen LogP contribution is 2.23. The summed E-state index contributed by atoms with van der Waals surface area (Å²) in [4.78, 5) is 2.55. The molecular weight excluding hydrogens is 136 g/mol. The molecule has 2 aliphatic rings. The van der Waals surface area contributed by atoms with Gasteiger partial charge in [-0.05, 0) is 19.9 Å². The van der Waals surface area contributed by atoms with E-state index in [0.717, 1.165) is 19.6 Å². The lowest BCUT2D eigenvalue weighted by molar-refractivity contribution is 0.163. The second-order valence-electron chi connectivity index (χ2n) is 3.80. The van der Waals surface area contributed by atoms with E-state index in [-0.39, 0.29) is 0 Å². The van der Waals surface area contributed by atoms with E-state index >= 15 is 0 Å². The molecule has 62 valence electrons. The first kappa shape index (κ1) is 7.32. The molecule has 0 aromatic rings. The van der Waals surface area contributed by atoms with E-state index in [2.05, 4.69) is 29.3 Å². The van der Waals surface area contributed by atoms with Crippen molar-refractivity contribution in [1.29, 1.82) is 0 Å². The smallest absolute Gasteiger partial charge is 0.0324 e. The summed E-state index contributed by atoms with van der Waals surface area (Å²) in [6.45, 7) is 7.01. The summed E-state index contributed by atoms with van der Waals surface area (Å²) in [5.41, 5.74) is 0.434. The van der Waals surface area contributed by atoms with Crippen LogP contribution in [0.3, 0.4) is 0 Å². The van der Waals surface area contributed by atoms with Crippen molar-refractivity contribution in [3.05, 3.63) is 12.2 Å². The van der Waals surface area contributed by atoms with E-state index in [4.69, 9.17) is 0 Å². The SMILES string of the molecule is CC1(N2CC=CC2)CCNC1. The van der Waals surface area contributed by atoms with E-state index in [1.54, 1.807) is 0 Å². The molecular formula is C9H16N2. The molecule has 1 fully saturated rings. The van der Waals surface area contributed by atoms with Gasteiger partial charge in [0.1, 0.15) is 0 Å². The molecule has 0 aromatic carbocycles. The van der Waals surface area contributed by atoms with E-state index in [1.165, 1.54) is 13.0 Å². The first-order chi connectivity index (χ1) is 5.31. The average Bonchev–Trinajstić information content (AvgIpc) is 2.55. The van der Waals surface area contributed by atoms with Crippen molar-refractivity contribution >= 4 is 0 Å². The third kappa shape index (κ3) is 1.21. The Kier molecular flexibility index (Phi) is 1.74. The fourth-order valence-electron chi connectivity index (χ4n) is 1.99. The molecule has 2 nitrogen and oxygen atoms in total. The van der Waals surface area contributed by atoms with Crippen molar-refractivity contribution in [3.8, 4) is 0 Å². The number of hydrogen-bond donors (Lipinski definition) is 1. The number of hydrogen-bond acceptors (Lipinski definition) is 2. The third-order valence-corrected chi connectivity index (χ3v) is 2.93. The number of nitrogens with one attached hydrogen (secondary N) is 1. The molecule has 0 bridgehead atoms. The summed E-state index contributed by atoms with van der Waals surface area (Å²) in [6.07, 6.45) is 5.84. The quantitative estimate of drug-likeness (QED) is 0.554. The molecule has 2 rings (SSSR count). The third-order valence-electron chi connectivity index (χ3n) is 2.93. The molecule has 2 aliphatic heterocycles. The molecule has 2 heteroatoms. The Labute approximate surface area is 68.3 Å². The van der Waals surface area contributed by atoms with E-state index < -0.39 is 0 Å². The molecule has 11 heavy (non-hydrogen) atoms. The molecule has 2 heterocycles. The molecule has 1 N–H and O–H groups in total. The summed E-state index contributed by atoms with van der Waals surface area (Å²) in [5.74, 6) is 0. The summed E-state index contributed by atoms with van der Waals surface area (Å²) >= 11 is 0. The fraction of sp³-hybridized carbons (Fsp3) is 0.778. The van der Waals surface area contributed by atoms with Gasteiger partial charge in [-0.3, -0.25) is 4.90 Å². The number of rotatable bonds is 1. The Morgan fingerprint density at radius 2 is 2.09 bits per heavy atom. The van der Waals surface area contributed by atoms with Gasteiger partial charge in [-0.25, -0.2) is 0 Å². The Hall–Kier alpha value is -0.340. The van der Waals surface area contributed by atoms with Crippen LogP contribution < -0.4 is 5.32 Å². The largest absolute Gasteiger partial charge is 0.315 e. The first-order valence-electron chi connectivity index (χ1n) is 4.42. The lowest BCUT2D eigenvalue weighted by Gasteiger charge is -2.34. The first-order valence-corrected chi connectivity index (χ1v) is 4.42. The summed E-state index contributed by atoms with van der Waals surface area (Å²) in [7, 11) is 0. The van der Waals surface area contributed by atoms with Crippen molar-refractivity contribution in [3.63, 3.8) is 0 Å². The maximum atomic E-state index is 3.42. The second-order valence-corrected chi connectivity index (χ2v) is 3.80. The second kappa shape index (κ2) is 2.61. The Bertz CT molecular complexity index is 160. The fourth-order valence-corrected chi connectivity index (χ4v) is 1.99. The van der Waals surface area contributed by atoms with Gasteiger partial charge < -0.3 is 5.32 Å². The minimum absolute atomic E-state index is 0.434. The topological polar surface area (TPSA) is 15.3 Å². The Morgan fingerprint density at radius 1 is 1.36 bits per heavy atom. The van der Waals surface area contributed by atoms with Gasteiger partial charge in [0.05, 0.1) is 0 Å². The molecule has 1 saturated heterocycles. The Morgan fingerprint density at radius 3 is 2.64 bits per heavy atom. The van der Waals surface area contributed by atoms with Gasteiger partial charge in [-0.2, -0.15) is 0 Å². The minimum Gasteiger partial charge on any atom is -0.315 e. The van der Waals surface area contributed by atoms with Gasteiger partial charge in [-0.1, -0.05) is 12.2 Å². The maximum Gasteiger partial charge on any atom is 0.0324 e. The predicted octanol–water partition coefficient (Wildman–Crippen LogP) is 0.610. The molecule has 0 radical (unpaired) electrons. The molecule has 0 saturated carbocycles. The van der Waals surface area contributed by atoms with Gasteiger partial charge in [0, 0.05) is 25.2 Å². The van der Waals surface area contributed by atoms with Gasteiger partial charge >= 0.3 is 0 Å². The van der Waals surface area contributed by atoms with Crippen LogP contribution in [0.5, 0.6) is 0 Å². The van der Waals surface area contributed by atoms with Crippen LogP contribution in [0.2, 0.25) is 0 Å². The van der Waals surface area contributed by atoms with Crippen molar-refractivity contribution in [2.75, 3.05) is 26.2 Å². The van der Waals surface area contributed by atoms with Crippen LogP contribution in [0.4, 0.5) is 0 Å². The molecule has 1 atom stereocenters. The lowest BCUT2D eigenvalue weighted by atomic mass is 10.00. The molecule has 0 aromatic heterocycles. The van der Waals surface area contributed by atoms with Crippen LogP contribution >= 0.6 is 0 Å².